The van der Waals surface area contributed by atoms with E-state index in [1.807, 2.05) is 24.3 Å². The molecule has 2 rings (SSSR count). The van der Waals surface area contributed by atoms with Crippen LogP contribution in [0.4, 0.5) is 4.39 Å². The van der Waals surface area contributed by atoms with E-state index in [1.54, 1.807) is 6.08 Å². The summed E-state index contributed by atoms with van der Waals surface area (Å²) in [5.41, 5.74) is 1.88. The monoisotopic (exact) mass is 254 g/mol. The first-order valence-corrected chi connectivity index (χ1v) is 5.08. The number of halogens is 2. The van der Waals surface area contributed by atoms with Crippen LogP contribution in [0.25, 0.3) is 6.08 Å². The minimum atomic E-state index is -0.902. The molecule has 0 bridgehead atoms. The number of alkyl halides is 1. The smallest absolute Gasteiger partial charge is 0.175 e. The maximum Gasteiger partial charge on any atom is 0.175 e. The summed E-state index contributed by atoms with van der Waals surface area (Å²) in [4.78, 5) is 11.2. The molecule has 0 amide bonds. The number of carbonyl (C=O) groups excluding carboxylic acids is 1. The van der Waals surface area contributed by atoms with Gasteiger partial charge < -0.3 is 0 Å². The highest BCUT2D eigenvalue weighted by molar-refractivity contribution is 9.10. The number of ketones is 1. The molecule has 0 radical (unpaired) electrons. The van der Waals surface area contributed by atoms with E-state index in [4.69, 9.17) is 0 Å². The van der Waals surface area contributed by atoms with Crippen molar-refractivity contribution < 1.29 is 9.18 Å². The number of hydrogen-bond donors (Lipinski definition) is 0. The van der Waals surface area contributed by atoms with Gasteiger partial charge in [-0.3, -0.25) is 4.79 Å². The molecular weight excluding hydrogens is 247 g/mol. The van der Waals surface area contributed by atoms with E-state index in [9.17, 15) is 9.18 Å². The molecule has 0 fully saturated rings. The van der Waals surface area contributed by atoms with Crippen LogP contribution in [0.15, 0.2) is 28.7 Å². The van der Waals surface area contributed by atoms with E-state index in [0.717, 1.165) is 15.6 Å². The number of hydrogen-bond acceptors (Lipinski definition) is 1. The maximum absolute atomic E-state index is 12.2. The zero-order chi connectivity index (χ0) is 10.1. The molecular formula is C11H8BrFO. The summed E-state index contributed by atoms with van der Waals surface area (Å²) in [6.07, 6.45) is 3.61. The molecule has 1 unspecified atom stereocenters. The molecule has 0 aliphatic heterocycles. The van der Waals surface area contributed by atoms with Gasteiger partial charge in [0.2, 0.25) is 0 Å². The van der Waals surface area contributed by atoms with Gasteiger partial charge in [-0.25, -0.2) is 4.39 Å². The summed E-state index contributed by atoms with van der Waals surface area (Å²) >= 11 is 3.39. The van der Waals surface area contributed by atoms with Gasteiger partial charge in [-0.1, -0.05) is 40.2 Å². The van der Waals surface area contributed by atoms with Crippen LogP contribution in [0, 0.1) is 0 Å². The highest BCUT2D eigenvalue weighted by Gasteiger charge is 2.24. The number of carbonyl (C=O) groups is 1. The molecule has 14 heavy (non-hydrogen) atoms. The lowest BCUT2D eigenvalue weighted by molar-refractivity contribution is -0.120. The summed E-state index contributed by atoms with van der Waals surface area (Å²) in [5.74, 6) is -0.773. The second-order valence-electron chi connectivity index (χ2n) is 3.18. The molecule has 1 nitrogen and oxygen atoms in total. The van der Waals surface area contributed by atoms with Crippen molar-refractivity contribution in [3.63, 3.8) is 0 Å². The summed E-state index contributed by atoms with van der Waals surface area (Å²) in [7, 11) is 0. The molecule has 0 heterocycles. The van der Waals surface area contributed by atoms with Crippen LogP contribution in [-0.4, -0.2) is 12.5 Å². The van der Waals surface area contributed by atoms with Gasteiger partial charge in [0, 0.05) is 4.47 Å². The quantitative estimate of drug-likeness (QED) is 0.793. The average Bonchev–Trinajstić information content (AvgIpc) is 2.62. The average molecular weight is 255 g/mol. The third-order valence-electron chi connectivity index (χ3n) is 2.36. The minimum Gasteiger partial charge on any atom is -0.296 e. The van der Waals surface area contributed by atoms with Gasteiger partial charge in [-0.2, -0.15) is 0 Å². The number of Topliss-reactive ketones (excluding diaryl/α,β-unsaturated/α-hetero) is 1. The van der Waals surface area contributed by atoms with Gasteiger partial charge in [-0.05, 0) is 17.2 Å². The Morgan fingerprint density at radius 2 is 2.29 bits per heavy atom. The maximum atomic E-state index is 12.2. The largest absolute Gasteiger partial charge is 0.296 e. The Hall–Kier alpha value is -0.960. The molecule has 0 aromatic heterocycles. The zero-order valence-corrected chi connectivity index (χ0v) is 8.92. The van der Waals surface area contributed by atoms with E-state index in [-0.39, 0.29) is 5.78 Å². The Morgan fingerprint density at radius 1 is 1.50 bits per heavy atom. The Morgan fingerprint density at radius 3 is 3.00 bits per heavy atom. The minimum absolute atomic E-state index is 0.377. The van der Waals surface area contributed by atoms with Gasteiger partial charge in [0.15, 0.2) is 5.78 Å². The molecule has 0 saturated carbocycles. The highest BCUT2D eigenvalue weighted by atomic mass is 79.9. The van der Waals surface area contributed by atoms with Crippen LogP contribution < -0.4 is 0 Å². The lowest BCUT2D eigenvalue weighted by Gasteiger charge is -2.07. The second-order valence-corrected chi connectivity index (χ2v) is 4.03. The van der Waals surface area contributed by atoms with Gasteiger partial charge in [0.25, 0.3) is 0 Å². The van der Waals surface area contributed by atoms with Crippen molar-refractivity contribution in [1.82, 2.24) is 0 Å². The lowest BCUT2D eigenvalue weighted by Crippen LogP contribution is -2.10. The van der Waals surface area contributed by atoms with Gasteiger partial charge >= 0.3 is 0 Å². The fraction of sp³-hybridized carbons (Fsp3) is 0.182. The normalized spacial score (nSPS) is 18.3. The third-order valence-corrected chi connectivity index (χ3v) is 3.05. The van der Waals surface area contributed by atoms with Crippen LogP contribution in [0.1, 0.15) is 17.0 Å². The molecule has 0 spiro atoms. The van der Waals surface area contributed by atoms with Crippen molar-refractivity contribution in [3.8, 4) is 0 Å². The Bertz CT molecular complexity index is 412. The topological polar surface area (TPSA) is 17.1 Å². The molecule has 72 valence electrons. The summed E-state index contributed by atoms with van der Waals surface area (Å²) in [6, 6.07) is 5.62. The van der Waals surface area contributed by atoms with Crippen LogP contribution in [-0.2, 0) is 4.79 Å². The first kappa shape index (κ1) is 9.59. The van der Waals surface area contributed by atoms with Crippen molar-refractivity contribution in [1.29, 1.82) is 0 Å². The van der Waals surface area contributed by atoms with Crippen LogP contribution in [0.2, 0.25) is 0 Å². The summed E-state index contributed by atoms with van der Waals surface area (Å²) < 4.78 is 13.2. The summed E-state index contributed by atoms with van der Waals surface area (Å²) in [6.45, 7) is -0.902. The van der Waals surface area contributed by atoms with Crippen LogP contribution in [0.3, 0.4) is 0 Å². The van der Waals surface area contributed by atoms with Gasteiger partial charge in [-0.15, -0.1) is 0 Å². The summed E-state index contributed by atoms with van der Waals surface area (Å²) in [5, 5.41) is 0. The SMILES string of the molecule is O=C(CF)C1C=Cc2c(Br)cccc21. The number of allylic oxidation sites excluding steroid dienone is 1. The Labute approximate surface area is 89.8 Å². The first-order valence-electron chi connectivity index (χ1n) is 4.29. The van der Waals surface area contributed by atoms with Crippen molar-refractivity contribution in [3.05, 3.63) is 39.9 Å². The Balaban J connectivity index is 2.45. The molecule has 0 saturated heterocycles. The number of rotatable bonds is 2. The van der Waals surface area contributed by atoms with Crippen LogP contribution >= 0.6 is 15.9 Å². The van der Waals surface area contributed by atoms with Crippen molar-refractivity contribution in [2.24, 2.45) is 0 Å². The standard InChI is InChI=1S/C11H8BrFO/c12-10-3-1-2-7-8(10)4-5-9(7)11(14)6-13/h1-5,9H,6H2. The molecule has 1 aromatic carbocycles. The third kappa shape index (κ3) is 1.42. The second kappa shape index (κ2) is 3.65. The van der Waals surface area contributed by atoms with Gasteiger partial charge in [0.05, 0.1) is 5.92 Å². The molecule has 1 aliphatic rings. The van der Waals surface area contributed by atoms with Gasteiger partial charge in [0.1, 0.15) is 6.67 Å². The number of benzene rings is 1. The van der Waals surface area contributed by atoms with E-state index in [2.05, 4.69) is 15.9 Å². The molecule has 0 N–H and O–H groups in total. The first-order chi connectivity index (χ1) is 6.74. The van der Waals surface area contributed by atoms with Crippen molar-refractivity contribution >= 4 is 27.8 Å². The molecule has 1 atom stereocenters. The number of fused-ring (bicyclic) bond motifs is 1. The molecule has 1 aliphatic carbocycles. The predicted octanol–water partition coefficient (Wildman–Crippen LogP) is 3.10. The van der Waals surface area contributed by atoms with E-state index in [1.165, 1.54) is 0 Å². The fourth-order valence-electron chi connectivity index (χ4n) is 1.66. The van der Waals surface area contributed by atoms with E-state index in [0.29, 0.717) is 0 Å². The highest BCUT2D eigenvalue weighted by Crippen LogP contribution is 2.35. The lowest BCUT2D eigenvalue weighted by atomic mass is 9.97. The van der Waals surface area contributed by atoms with E-state index >= 15 is 0 Å². The zero-order valence-electron chi connectivity index (χ0n) is 7.34. The van der Waals surface area contributed by atoms with Crippen molar-refractivity contribution in [2.45, 2.75) is 5.92 Å². The molecule has 1 aromatic rings. The predicted molar refractivity (Wildman–Crippen MR) is 56.9 cm³/mol. The molecule has 3 heteroatoms. The Kier molecular flexibility index (Phi) is 2.50. The fourth-order valence-corrected chi connectivity index (χ4v) is 2.17. The van der Waals surface area contributed by atoms with Crippen LogP contribution in [0.5, 0.6) is 0 Å². The van der Waals surface area contributed by atoms with Crippen molar-refractivity contribution in [2.75, 3.05) is 6.67 Å². The van der Waals surface area contributed by atoms with E-state index < -0.39 is 12.6 Å².